The van der Waals surface area contributed by atoms with Crippen LogP contribution in [0.4, 0.5) is 0 Å². The largest absolute Gasteiger partial charge is 0.384 e. The molecule has 0 aliphatic heterocycles. The fourth-order valence-electron chi connectivity index (χ4n) is 1.70. The van der Waals surface area contributed by atoms with Gasteiger partial charge >= 0.3 is 0 Å². The van der Waals surface area contributed by atoms with Crippen LogP contribution in [0.3, 0.4) is 0 Å². The standard InChI is InChI=1S/C8H12N2OS/c1-3-6-4-8(6,11)7-5(2)9-10-12-7/h6,11H,3-4H2,1-2H3. The van der Waals surface area contributed by atoms with E-state index in [4.69, 9.17) is 0 Å². The fourth-order valence-corrected chi connectivity index (χ4v) is 2.53. The van der Waals surface area contributed by atoms with Crippen LogP contribution in [-0.4, -0.2) is 14.7 Å². The van der Waals surface area contributed by atoms with E-state index < -0.39 is 5.60 Å². The van der Waals surface area contributed by atoms with Gasteiger partial charge in [0.1, 0.15) is 5.60 Å². The van der Waals surface area contributed by atoms with Crippen LogP contribution in [0.15, 0.2) is 0 Å². The summed E-state index contributed by atoms with van der Waals surface area (Å²) in [5.41, 5.74) is 0.311. The van der Waals surface area contributed by atoms with Gasteiger partial charge in [-0.15, -0.1) is 5.10 Å². The summed E-state index contributed by atoms with van der Waals surface area (Å²) in [5, 5.41) is 14.0. The van der Waals surface area contributed by atoms with Crippen molar-refractivity contribution in [2.75, 3.05) is 0 Å². The smallest absolute Gasteiger partial charge is 0.106 e. The van der Waals surface area contributed by atoms with Gasteiger partial charge in [-0.1, -0.05) is 17.8 Å². The number of aliphatic hydroxyl groups is 1. The molecule has 0 amide bonds. The Bertz CT molecular complexity index is 299. The van der Waals surface area contributed by atoms with Crippen LogP contribution in [0.1, 0.15) is 30.3 Å². The topological polar surface area (TPSA) is 46.0 Å². The maximum atomic E-state index is 10.1. The van der Waals surface area contributed by atoms with Gasteiger partial charge in [-0.3, -0.25) is 0 Å². The fraction of sp³-hybridized carbons (Fsp3) is 0.750. The molecule has 3 nitrogen and oxygen atoms in total. The number of aryl methyl sites for hydroxylation is 1. The summed E-state index contributed by atoms with van der Waals surface area (Å²) < 4.78 is 3.83. The molecule has 2 rings (SSSR count). The Balaban J connectivity index is 2.27. The summed E-state index contributed by atoms with van der Waals surface area (Å²) in [4.78, 5) is 0.967. The van der Waals surface area contributed by atoms with Crippen molar-refractivity contribution in [2.45, 2.75) is 32.3 Å². The lowest BCUT2D eigenvalue weighted by atomic mass is 10.1. The molecular weight excluding hydrogens is 172 g/mol. The average molecular weight is 184 g/mol. The lowest BCUT2D eigenvalue weighted by Gasteiger charge is -2.05. The summed E-state index contributed by atoms with van der Waals surface area (Å²) in [7, 11) is 0. The van der Waals surface area contributed by atoms with E-state index in [9.17, 15) is 5.11 Å². The van der Waals surface area contributed by atoms with Crippen LogP contribution in [-0.2, 0) is 5.60 Å². The molecule has 12 heavy (non-hydrogen) atoms. The van der Waals surface area contributed by atoms with E-state index in [2.05, 4.69) is 16.5 Å². The molecule has 1 heterocycles. The second kappa shape index (κ2) is 2.50. The van der Waals surface area contributed by atoms with Gasteiger partial charge in [0, 0.05) is 0 Å². The summed E-state index contributed by atoms with van der Waals surface area (Å²) in [6.45, 7) is 4.01. The van der Waals surface area contributed by atoms with Crippen LogP contribution in [0.25, 0.3) is 0 Å². The molecule has 0 saturated heterocycles. The molecule has 1 aromatic rings. The highest BCUT2D eigenvalue weighted by molar-refractivity contribution is 7.05. The lowest BCUT2D eigenvalue weighted by Crippen LogP contribution is -2.07. The highest BCUT2D eigenvalue weighted by Gasteiger charge is 2.55. The molecule has 2 unspecified atom stereocenters. The minimum Gasteiger partial charge on any atom is -0.384 e. The molecule has 1 aromatic heterocycles. The molecule has 1 aliphatic rings. The highest BCUT2D eigenvalue weighted by Crippen LogP contribution is 2.55. The summed E-state index contributed by atoms with van der Waals surface area (Å²) in [6.07, 6.45) is 1.92. The number of aromatic nitrogens is 2. The van der Waals surface area contributed by atoms with Gasteiger partial charge in [0.05, 0.1) is 10.6 Å². The molecule has 0 aromatic carbocycles. The van der Waals surface area contributed by atoms with Gasteiger partial charge in [0.25, 0.3) is 0 Å². The molecule has 0 radical (unpaired) electrons. The molecule has 4 heteroatoms. The third-order valence-electron chi connectivity index (χ3n) is 2.61. The first-order valence-electron chi connectivity index (χ1n) is 4.20. The molecular formula is C8H12N2OS. The zero-order chi connectivity index (χ0) is 8.77. The van der Waals surface area contributed by atoms with Crippen molar-refractivity contribution in [3.8, 4) is 0 Å². The first-order valence-corrected chi connectivity index (χ1v) is 4.97. The van der Waals surface area contributed by atoms with Gasteiger partial charge in [-0.2, -0.15) is 0 Å². The van der Waals surface area contributed by atoms with Crippen molar-refractivity contribution in [1.82, 2.24) is 9.59 Å². The lowest BCUT2D eigenvalue weighted by molar-refractivity contribution is 0.133. The van der Waals surface area contributed by atoms with E-state index >= 15 is 0 Å². The number of hydrogen-bond donors (Lipinski definition) is 1. The van der Waals surface area contributed by atoms with E-state index in [0.717, 1.165) is 23.4 Å². The number of nitrogens with zero attached hydrogens (tertiary/aromatic N) is 2. The third kappa shape index (κ3) is 0.983. The summed E-state index contributed by atoms with van der Waals surface area (Å²) in [6, 6.07) is 0. The van der Waals surface area contributed by atoms with Crippen molar-refractivity contribution < 1.29 is 5.11 Å². The Morgan fingerprint density at radius 3 is 2.92 bits per heavy atom. The van der Waals surface area contributed by atoms with Gasteiger partial charge in [-0.05, 0) is 30.8 Å². The molecule has 1 saturated carbocycles. The minimum atomic E-state index is -0.576. The summed E-state index contributed by atoms with van der Waals surface area (Å²) >= 11 is 1.33. The Kier molecular flexibility index (Phi) is 1.70. The third-order valence-corrected chi connectivity index (χ3v) is 3.61. The predicted molar refractivity (Wildman–Crippen MR) is 46.9 cm³/mol. The second-order valence-corrected chi connectivity index (χ2v) is 4.18. The van der Waals surface area contributed by atoms with Gasteiger partial charge in [-0.25, -0.2) is 0 Å². The van der Waals surface area contributed by atoms with Crippen molar-refractivity contribution in [2.24, 2.45) is 5.92 Å². The maximum absolute atomic E-state index is 10.1. The van der Waals surface area contributed by atoms with Gasteiger partial charge in [0.2, 0.25) is 0 Å². The van der Waals surface area contributed by atoms with E-state index in [0.29, 0.717) is 5.92 Å². The molecule has 1 N–H and O–H groups in total. The van der Waals surface area contributed by atoms with Crippen LogP contribution < -0.4 is 0 Å². The Hall–Kier alpha value is -0.480. The molecule has 2 atom stereocenters. The van der Waals surface area contributed by atoms with Crippen LogP contribution >= 0.6 is 11.5 Å². The maximum Gasteiger partial charge on any atom is 0.106 e. The van der Waals surface area contributed by atoms with Crippen molar-refractivity contribution in [3.05, 3.63) is 10.6 Å². The van der Waals surface area contributed by atoms with Crippen molar-refractivity contribution in [3.63, 3.8) is 0 Å². The number of hydrogen-bond acceptors (Lipinski definition) is 4. The van der Waals surface area contributed by atoms with Crippen molar-refractivity contribution >= 4 is 11.5 Å². The SMILES string of the molecule is CCC1CC1(O)c1snnc1C. The Morgan fingerprint density at radius 1 is 1.75 bits per heavy atom. The monoisotopic (exact) mass is 184 g/mol. The van der Waals surface area contributed by atoms with Crippen molar-refractivity contribution in [1.29, 1.82) is 0 Å². The molecule has 1 aliphatic carbocycles. The van der Waals surface area contributed by atoms with E-state index in [1.807, 2.05) is 6.92 Å². The Morgan fingerprint density at radius 2 is 2.50 bits per heavy atom. The highest BCUT2D eigenvalue weighted by atomic mass is 32.1. The zero-order valence-corrected chi connectivity index (χ0v) is 8.06. The minimum absolute atomic E-state index is 0.429. The molecule has 66 valence electrons. The molecule has 1 fully saturated rings. The van der Waals surface area contributed by atoms with Crippen LogP contribution in [0.2, 0.25) is 0 Å². The van der Waals surface area contributed by atoms with Gasteiger partial charge in [0.15, 0.2) is 0 Å². The van der Waals surface area contributed by atoms with E-state index in [-0.39, 0.29) is 0 Å². The Labute approximate surface area is 75.6 Å². The molecule has 0 bridgehead atoms. The van der Waals surface area contributed by atoms with Crippen LogP contribution in [0, 0.1) is 12.8 Å². The van der Waals surface area contributed by atoms with E-state index in [1.54, 1.807) is 0 Å². The summed E-state index contributed by atoms with van der Waals surface area (Å²) in [5.74, 6) is 0.429. The quantitative estimate of drug-likeness (QED) is 0.757. The first kappa shape index (κ1) is 8.13. The van der Waals surface area contributed by atoms with E-state index in [1.165, 1.54) is 11.5 Å². The van der Waals surface area contributed by atoms with Gasteiger partial charge < -0.3 is 5.11 Å². The van der Waals surface area contributed by atoms with Crippen LogP contribution in [0.5, 0.6) is 0 Å². The zero-order valence-electron chi connectivity index (χ0n) is 7.24. The normalized spacial score (nSPS) is 33.8. The number of rotatable bonds is 2. The first-order chi connectivity index (χ1) is 5.68. The molecule has 0 spiro atoms. The predicted octanol–water partition coefficient (Wildman–Crippen LogP) is 1.46. The second-order valence-electron chi connectivity index (χ2n) is 3.42. The average Bonchev–Trinajstić information content (AvgIpc) is 2.50.